The number of aromatic nitrogens is 1. The highest BCUT2D eigenvalue weighted by atomic mass is 16.7. The summed E-state index contributed by atoms with van der Waals surface area (Å²) in [6.07, 6.45) is -11.5. The molecule has 3 saturated heterocycles. The molecule has 0 radical (unpaired) electrons. The van der Waals surface area contributed by atoms with E-state index >= 15 is 0 Å². The molecule has 5 rings (SSSR count). The average Bonchev–Trinajstić information content (AvgIpc) is 3.64. The number of ether oxygens (including phenoxy) is 6. The maximum Gasteiger partial charge on any atom is 0.311 e. The Morgan fingerprint density at radius 1 is 0.925 bits per heavy atom. The van der Waals surface area contributed by atoms with Crippen LogP contribution in [0.3, 0.4) is 0 Å². The number of nitrogens with zero attached hydrogens (tertiary/aromatic N) is 2. The minimum atomic E-state index is -2.24. The largest absolute Gasteiger partial charge is 0.459 e. The van der Waals surface area contributed by atoms with Crippen molar-refractivity contribution < 1.29 is 72.8 Å². The number of carbonyl (C=O) groups is 3. The summed E-state index contributed by atoms with van der Waals surface area (Å²) in [5, 5.41) is 62.0. The number of aryl methyl sites for hydroxylation is 1. The van der Waals surface area contributed by atoms with Crippen LogP contribution in [-0.4, -0.2) is 165 Å². The summed E-state index contributed by atoms with van der Waals surface area (Å²) in [5.74, 6) is -5.43. The van der Waals surface area contributed by atoms with E-state index in [0.717, 1.165) is 5.56 Å². The monoisotopic (exact) mass is 948 g/mol. The van der Waals surface area contributed by atoms with Crippen molar-refractivity contribution in [3.05, 3.63) is 41.9 Å². The number of hydrogen-bond donors (Lipinski definition) is 6. The Bertz CT molecular complexity index is 1960. The van der Waals surface area contributed by atoms with Gasteiger partial charge in [0.2, 0.25) is 11.8 Å². The number of amides is 1. The van der Waals surface area contributed by atoms with Crippen molar-refractivity contribution >= 4 is 17.7 Å². The number of rotatable bonds is 12. The van der Waals surface area contributed by atoms with Crippen LogP contribution in [0.1, 0.15) is 99.6 Å². The molecule has 378 valence electrons. The van der Waals surface area contributed by atoms with Gasteiger partial charge in [0.1, 0.15) is 36.1 Å². The second-order valence-corrected chi connectivity index (χ2v) is 20.3. The predicted octanol–water partition coefficient (Wildman–Crippen LogP) is 3.09. The molecule has 1 aromatic carbocycles. The molecule has 1 aromatic heterocycles. The van der Waals surface area contributed by atoms with Crippen molar-refractivity contribution in [3.8, 4) is 11.3 Å². The topological polar surface area (TPSA) is 249 Å². The van der Waals surface area contributed by atoms with Crippen LogP contribution in [0.2, 0.25) is 0 Å². The van der Waals surface area contributed by atoms with E-state index in [2.05, 4.69) is 10.3 Å². The number of nitrogens with one attached hydrogen (secondary N) is 1. The number of cyclic esters (lactones) is 1. The van der Waals surface area contributed by atoms with Crippen LogP contribution in [0.15, 0.2) is 34.7 Å². The van der Waals surface area contributed by atoms with Crippen LogP contribution in [0.4, 0.5) is 0 Å². The summed E-state index contributed by atoms with van der Waals surface area (Å²) in [4.78, 5) is 48.5. The van der Waals surface area contributed by atoms with Gasteiger partial charge in [-0.3, -0.25) is 14.4 Å². The van der Waals surface area contributed by atoms with Crippen molar-refractivity contribution in [2.24, 2.45) is 23.7 Å². The molecule has 3 aliphatic rings. The first-order valence-corrected chi connectivity index (χ1v) is 23.6. The fourth-order valence-electron chi connectivity index (χ4n) is 10.2. The van der Waals surface area contributed by atoms with E-state index in [1.54, 1.807) is 41.5 Å². The van der Waals surface area contributed by atoms with E-state index in [4.69, 9.17) is 32.8 Å². The van der Waals surface area contributed by atoms with Gasteiger partial charge in [-0.25, -0.2) is 4.98 Å². The lowest BCUT2D eigenvalue weighted by molar-refractivity contribution is -0.318. The van der Waals surface area contributed by atoms with Crippen LogP contribution in [0.25, 0.3) is 11.3 Å². The van der Waals surface area contributed by atoms with Crippen molar-refractivity contribution in [2.45, 2.75) is 186 Å². The molecule has 18 atom stereocenters. The summed E-state index contributed by atoms with van der Waals surface area (Å²) < 4.78 is 43.6. The molecule has 18 nitrogen and oxygen atoms in total. The zero-order chi connectivity index (χ0) is 49.9. The standard InChI is InChI=1S/C49H77N3O15/c1-25-23-47(8,59)44(67-46-39(55)33(52(11)12)21-26(2)62-46)28(4)40(66-37-24-48(9,61-13)43(57)31(7)63-37)29(5)45(58)64-34(49(10,60)42(56)27(3)38(25)54)19-20-50-35(53)22-36-51-30(6)41(65-36)32-17-15-14-16-18-32/h14-18,25-29,31,33-34,37,39-40,42-44,46,55-57,59-60H,19-24H2,1-13H3,(H,50,53)/t25-,26?,27+,28+,29-,31?,33?,34-,37?,39?,40+,42-,43?,44-,46?,47-,48?,49-/m1/s1. The number of likely N-dealkylation sites (N-methyl/N-ethyl adjacent to an activating group) is 1. The van der Waals surface area contributed by atoms with Gasteiger partial charge in [0.05, 0.1) is 53.3 Å². The molecular formula is C49H77N3O15. The molecule has 67 heavy (non-hydrogen) atoms. The molecule has 4 heterocycles. The maximum atomic E-state index is 14.7. The first kappa shape index (κ1) is 54.5. The number of aliphatic hydroxyl groups is 5. The average molecular weight is 948 g/mol. The highest BCUT2D eigenvalue weighted by Gasteiger charge is 2.54. The van der Waals surface area contributed by atoms with Gasteiger partial charge in [0.15, 0.2) is 18.3 Å². The first-order chi connectivity index (χ1) is 31.2. The Balaban J connectivity index is 1.50. The molecule has 6 N–H and O–H groups in total. The van der Waals surface area contributed by atoms with Crippen LogP contribution in [0, 0.1) is 30.6 Å². The number of esters is 1. The van der Waals surface area contributed by atoms with Crippen molar-refractivity contribution in [2.75, 3.05) is 27.7 Å². The fraction of sp³-hybridized carbons (Fsp3) is 0.755. The quantitative estimate of drug-likeness (QED) is 0.167. The summed E-state index contributed by atoms with van der Waals surface area (Å²) in [6, 6.07) is 8.98. The summed E-state index contributed by atoms with van der Waals surface area (Å²) >= 11 is 0. The number of Topliss-reactive ketones (excluding diaryl/α,β-unsaturated/α-hetero) is 1. The van der Waals surface area contributed by atoms with Crippen LogP contribution in [-0.2, 0) is 49.2 Å². The van der Waals surface area contributed by atoms with Gasteiger partial charge in [0.25, 0.3) is 0 Å². The van der Waals surface area contributed by atoms with Gasteiger partial charge >= 0.3 is 5.97 Å². The number of aliphatic hydroxyl groups excluding tert-OH is 3. The first-order valence-electron chi connectivity index (χ1n) is 23.6. The van der Waals surface area contributed by atoms with Crippen molar-refractivity contribution in [1.82, 2.24) is 15.2 Å². The molecule has 3 fully saturated rings. The number of carbonyl (C=O) groups excluding carboxylic acids is 3. The third-order valence-corrected chi connectivity index (χ3v) is 14.4. The van der Waals surface area contributed by atoms with Gasteiger partial charge in [-0.2, -0.15) is 0 Å². The van der Waals surface area contributed by atoms with Crippen LogP contribution < -0.4 is 5.32 Å². The lowest BCUT2D eigenvalue weighted by Crippen LogP contribution is -2.61. The molecule has 0 bridgehead atoms. The van der Waals surface area contributed by atoms with Crippen LogP contribution >= 0.6 is 0 Å². The number of benzene rings is 1. The normalized spacial score (nSPS) is 40.6. The van der Waals surface area contributed by atoms with Crippen molar-refractivity contribution in [3.63, 3.8) is 0 Å². The third kappa shape index (κ3) is 12.5. The molecule has 0 spiro atoms. The fourth-order valence-corrected chi connectivity index (χ4v) is 10.2. The number of methoxy groups -OCH3 is 1. The molecule has 0 saturated carbocycles. The Morgan fingerprint density at radius 2 is 1.58 bits per heavy atom. The smallest absolute Gasteiger partial charge is 0.311 e. The van der Waals surface area contributed by atoms with E-state index in [9.17, 15) is 39.9 Å². The summed E-state index contributed by atoms with van der Waals surface area (Å²) in [7, 11) is 5.13. The SMILES string of the molecule is COC1(C)CC(O[C@H]2[C@H](C)[C@@H](OC3OC(C)CC(N(C)C)C3O)[C@](C)(O)C[C@@H](C)C(=O)[C@H](C)[C@@H](O)[C@](C)(O)[C@@H](CCNC(=O)Cc3nc(C)c(-c4ccccc4)o3)OC(=O)[C@@H]2C)OC(C)C1O. The minimum absolute atomic E-state index is 0.0295. The lowest BCUT2D eigenvalue weighted by Gasteiger charge is -2.49. The van der Waals surface area contributed by atoms with E-state index in [1.165, 1.54) is 27.9 Å². The Morgan fingerprint density at radius 3 is 2.21 bits per heavy atom. The second-order valence-electron chi connectivity index (χ2n) is 20.3. The molecule has 1 amide bonds. The predicted molar refractivity (Wildman–Crippen MR) is 244 cm³/mol. The van der Waals surface area contributed by atoms with Gasteiger partial charge in [0, 0.05) is 55.9 Å². The molecular weight excluding hydrogens is 871 g/mol. The van der Waals surface area contributed by atoms with E-state index in [0.29, 0.717) is 17.9 Å². The van der Waals surface area contributed by atoms with E-state index in [-0.39, 0.29) is 50.3 Å². The maximum absolute atomic E-state index is 14.7. The zero-order valence-electron chi connectivity index (χ0n) is 41.5. The zero-order valence-corrected chi connectivity index (χ0v) is 41.5. The number of hydrogen-bond acceptors (Lipinski definition) is 17. The highest BCUT2D eigenvalue weighted by Crippen LogP contribution is 2.41. The van der Waals surface area contributed by atoms with Gasteiger partial charge in [-0.05, 0) is 75.4 Å². The molecule has 8 unspecified atom stereocenters. The molecule has 3 aliphatic heterocycles. The molecule has 0 aliphatic carbocycles. The number of oxazole rings is 1. The Labute approximate surface area is 395 Å². The van der Waals surface area contributed by atoms with Crippen LogP contribution in [0.5, 0.6) is 0 Å². The molecule has 2 aromatic rings. The second kappa shape index (κ2) is 22.1. The van der Waals surface area contributed by atoms with Gasteiger partial charge in [-0.1, -0.05) is 51.1 Å². The summed E-state index contributed by atoms with van der Waals surface area (Å²) in [6.45, 7) is 16.0. The Hall–Kier alpha value is -3.40. The summed E-state index contributed by atoms with van der Waals surface area (Å²) in [5.41, 5.74) is -3.83. The van der Waals surface area contributed by atoms with Crippen molar-refractivity contribution in [1.29, 1.82) is 0 Å². The van der Waals surface area contributed by atoms with Gasteiger partial charge in [-0.15, -0.1) is 0 Å². The number of ketones is 1. The highest BCUT2D eigenvalue weighted by molar-refractivity contribution is 5.83. The van der Waals surface area contributed by atoms with Gasteiger partial charge < -0.3 is 68.6 Å². The lowest BCUT2D eigenvalue weighted by atomic mass is 9.74. The molecule has 18 heteroatoms. The Kier molecular flexibility index (Phi) is 18.0. The van der Waals surface area contributed by atoms with E-state index < -0.39 is 113 Å². The van der Waals surface area contributed by atoms with E-state index in [1.807, 2.05) is 56.3 Å². The third-order valence-electron chi connectivity index (χ3n) is 14.4. The minimum Gasteiger partial charge on any atom is -0.459 e.